The molecule has 0 unspecified atom stereocenters. The van der Waals surface area contributed by atoms with Gasteiger partial charge >= 0.3 is 0 Å². The second-order valence-corrected chi connectivity index (χ2v) is 15.1. The second-order valence-electron chi connectivity index (χ2n) is 13.1. The van der Waals surface area contributed by atoms with Crippen molar-refractivity contribution in [3.05, 3.63) is 70.9 Å². The molecule has 0 N–H and O–H groups in total. The zero-order chi connectivity index (χ0) is 25.9. The fourth-order valence-electron chi connectivity index (χ4n) is 6.88. The molecule has 1 aliphatic rings. The van der Waals surface area contributed by atoms with Crippen LogP contribution in [-0.4, -0.2) is 9.97 Å². The number of thiophene rings is 2. The lowest BCUT2D eigenvalue weighted by Crippen LogP contribution is -2.18. The Morgan fingerprint density at radius 2 is 1.49 bits per heavy atom. The summed E-state index contributed by atoms with van der Waals surface area (Å²) in [6.07, 6.45) is 2.95. The van der Waals surface area contributed by atoms with Gasteiger partial charge in [-0.2, -0.15) is 0 Å². The van der Waals surface area contributed by atoms with Crippen LogP contribution in [0.15, 0.2) is 54.9 Å². The van der Waals surface area contributed by atoms with E-state index in [2.05, 4.69) is 97.0 Å². The molecule has 0 amide bonds. The van der Waals surface area contributed by atoms with Gasteiger partial charge in [0.15, 0.2) is 0 Å². The van der Waals surface area contributed by atoms with Crippen LogP contribution in [0.3, 0.4) is 0 Å². The van der Waals surface area contributed by atoms with Gasteiger partial charge < -0.3 is 0 Å². The molecule has 0 aliphatic heterocycles. The SMILES string of the molecule is CC(C)(C)c1cc(-c2ncnc3c2sc2c3ccc3c4c(sc32)C(C)(C)CC4(C)C)cc2ccccc12. The molecule has 6 aromatic rings. The van der Waals surface area contributed by atoms with Crippen LogP contribution < -0.4 is 0 Å². The maximum absolute atomic E-state index is 4.88. The van der Waals surface area contributed by atoms with E-state index in [1.807, 2.05) is 22.7 Å². The second kappa shape index (κ2) is 7.39. The molecule has 37 heavy (non-hydrogen) atoms. The minimum Gasteiger partial charge on any atom is -0.235 e. The number of hydrogen-bond donors (Lipinski definition) is 0. The van der Waals surface area contributed by atoms with E-state index >= 15 is 0 Å². The first kappa shape index (κ1) is 23.3. The molecule has 186 valence electrons. The maximum Gasteiger partial charge on any atom is 0.116 e. The molecule has 0 bridgehead atoms. The van der Waals surface area contributed by atoms with Crippen LogP contribution in [0.4, 0.5) is 0 Å². The van der Waals surface area contributed by atoms with E-state index in [0.717, 1.165) is 11.2 Å². The Balaban J connectivity index is 1.53. The molecular weight excluding hydrogens is 489 g/mol. The van der Waals surface area contributed by atoms with Gasteiger partial charge in [0.25, 0.3) is 0 Å². The number of hydrogen-bond acceptors (Lipinski definition) is 4. The Morgan fingerprint density at radius 1 is 0.757 bits per heavy atom. The summed E-state index contributed by atoms with van der Waals surface area (Å²) in [5.41, 5.74) is 6.65. The van der Waals surface area contributed by atoms with Gasteiger partial charge in [-0.3, -0.25) is 0 Å². The number of nitrogens with zero attached hydrogens (tertiary/aromatic N) is 2. The average molecular weight is 521 g/mol. The van der Waals surface area contributed by atoms with Crippen LogP contribution in [0, 0.1) is 0 Å². The molecule has 3 heterocycles. The largest absolute Gasteiger partial charge is 0.235 e. The summed E-state index contributed by atoms with van der Waals surface area (Å²) >= 11 is 3.89. The summed E-state index contributed by atoms with van der Waals surface area (Å²) in [6.45, 7) is 16.5. The van der Waals surface area contributed by atoms with Gasteiger partial charge in [-0.25, -0.2) is 9.97 Å². The van der Waals surface area contributed by atoms with Crippen molar-refractivity contribution in [1.82, 2.24) is 9.97 Å². The van der Waals surface area contributed by atoms with E-state index in [9.17, 15) is 0 Å². The minimum absolute atomic E-state index is 0.0330. The van der Waals surface area contributed by atoms with Crippen LogP contribution in [0.5, 0.6) is 0 Å². The highest BCUT2D eigenvalue weighted by Gasteiger charge is 2.45. The predicted molar refractivity (Wildman–Crippen MR) is 163 cm³/mol. The van der Waals surface area contributed by atoms with E-state index in [0.29, 0.717) is 0 Å². The lowest BCUT2D eigenvalue weighted by atomic mass is 9.81. The molecule has 0 saturated heterocycles. The van der Waals surface area contributed by atoms with Gasteiger partial charge in [0, 0.05) is 21.2 Å². The average Bonchev–Trinajstić information content (AvgIpc) is 3.46. The Bertz CT molecular complexity index is 1890. The zero-order valence-corrected chi connectivity index (χ0v) is 24.2. The zero-order valence-electron chi connectivity index (χ0n) is 22.6. The summed E-state index contributed by atoms with van der Waals surface area (Å²) in [4.78, 5) is 11.3. The summed E-state index contributed by atoms with van der Waals surface area (Å²) in [6, 6.07) is 18.1. The number of aromatic nitrogens is 2. The van der Waals surface area contributed by atoms with Gasteiger partial charge in [0.05, 0.1) is 25.3 Å². The quantitative estimate of drug-likeness (QED) is 0.215. The Hall–Kier alpha value is -2.82. The fraction of sp³-hybridized carbons (Fsp3) is 0.333. The smallest absolute Gasteiger partial charge is 0.116 e. The Kier molecular flexibility index (Phi) is 4.66. The van der Waals surface area contributed by atoms with Crippen molar-refractivity contribution in [2.45, 2.75) is 71.1 Å². The molecular formula is C33H32N2S2. The third kappa shape index (κ3) is 3.28. The van der Waals surface area contributed by atoms with Crippen molar-refractivity contribution in [2.75, 3.05) is 0 Å². The molecule has 1 aliphatic carbocycles. The van der Waals surface area contributed by atoms with Gasteiger partial charge in [-0.1, -0.05) is 84.9 Å². The van der Waals surface area contributed by atoms with Crippen LogP contribution in [0.2, 0.25) is 0 Å². The third-order valence-electron chi connectivity index (χ3n) is 8.19. The van der Waals surface area contributed by atoms with Gasteiger partial charge in [0.2, 0.25) is 0 Å². The topological polar surface area (TPSA) is 25.8 Å². The van der Waals surface area contributed by atoms with Crippen molar-refractivity contribution >= 4 is 63.8 Å². The van der Waals surface area contributed by atoms with Crippen LogP contribution >= 0.6 is 22.7 Å². The first-order valence-electron chi connectivity index (χ1n) is 13.1. The highest BCUT2D eigenvalue weighted by atomic mass is 32.1. The highest BCUT2D eigenvalue weighted by molar-refractivity contribution is 7.31. The van der Waals surface area contributed by atoms with E-state index < -0.39 is 0 Å². The molecule has 0 atom stereocenters. The number of rotatable bonds is 1. The predicted octanol–water partition coefficient (Wildman–Crippen LogP) is 10.1. The van der Waals surface area contributed by atoms with E-state index in [1.54, 1.807) is 16.8 Å². The summed E-state index contributed by atoms with van der Waals surface area (Å²) < 4.78 is 3.97. The standard InChI is InChI=1S/C33H32N2S2/c1-31(2,3)23-15-19(14-18-10-8-9-11-20(18)23)25-29-26(35-17-34-25)22-13-12-21-24-30(37-27(21)28(22)36-29)33(6,7)16-32(24,4)5/h8-15,17H,16H2,1-7H3. The van der Waals surface area contributed by atoms with Crippen LogP contribution in [0.25, 0.3) is 52.4 Å². The normalized spacial score (nSPS) is 16.8. The molecule has 0 fully saturated rings. The van der Waals surface area contributed by atoms with Crippen LogP contribution in [0.1, 0.15) is 70.9 Å². The molecule has 0 spiro atoms. The third-order valence-corrected chi connectivity index (χ3v) is 11.1. The monoisotopic (exact) mass is 520 g/mol. The molecule has 7 rings (SSSR count). The molecule has 0 saturated carbocycles. The van der Waals surface area contributed by atoms with Crippen molar-refractivity contribution in [3.8, 4) is 11.3 Å². The molecule has 2 nitrogen and oxygen atoms in total. The Labute approximate surface area is 226 Å². The molecule has 3 aromatic carbocycles. The van der Waals surface area contributed by atoms with E-state index in [-0.39, 0.29) is 16.2 Å². The molecule has 0 radical (unpaired) electrons. The van der Waals surface area contributed by atoms with Crippen molar-refractivity contribution in [1.29, 1.82) is 0 Å². The van der Waals surface area contributed by atoms with Crippen molar-refractivity contribution in [2.24, 2.45) is 0 Å². The summed E-state index contributed by atoms with van der Waals surface area (Å²) in [7, 11) is 0. The van der Waals surface area contributed by atoms with Gasteiger partial charge in [-0.15, -0.1) is 22.7 Å². The van der Waals surface area contributed by atoms with Gasteiger partial charge in [-0.05, 0) is 56.7 Å². The van der Waals surface area contributed by atoms with Gasteiger partial charge in [0.1, 0.15) is 6.33 Å². The van der Waals surface area contributed by atoms with E-state index in [1.165, 1.54) is 53.2 Å². The van der Waals surface area contributed by atoms with Crippen LogP contribution in [-0.2, 0) is 16.2 Å². The summed E-state index contributed by atoms with van der Waals surface area (Å²) in [5.74, 6) is 0. The van der Waals surface area contributed by atoms with Crippen molar-refractivity contribution < 1.29 is 0 Å². The lowest BCUT2D eigenvalue weighted by Gasteiger charge is -2.23. The van der Waals surface area contributed by atoms with E-state index in [4.69, 9.17) is 9.97 Å². The highest BCUT2D eigenvalue weighted by Crippen LogP contribution is 2.57. The first-order chi connectivity index (χ1) is 17.5. The summed E-state index contributed by atoms with van der Waals surface area (Å²) in [5, 5.41) is 5.27. The lowest BCUT2D eigenvalue weighted by molar-refractivity contribution is 0.406. The van der Waals surface area contributed by atoms with Crippen molar-refractivity contribution in [3.63, 3.8) is 0 Å². The first-order valence-corrected chi connectivity index (χ1v) is 14.8. The number of fused-ring (bicyclic) bond motifs is 8. The number of benzene rings is 3. The molecule has 3 aromatic heterocycles. The minimum atomic E-state index is 0.0330. The fourth-order valence-corrected chi connectivity index (χ4v) is 9.87. The Morgan fingerprint density at radius 3 is 2.27 bits per heavy atom. The molecule has 4 heteroatoms. The maximum atomic E-state index is 4.88.